The molecule has 0 bridgehead atoms. The third-order valence-corrected chi connectivity index (χ3v) is 1.80. The number of alkyl halides is 5. The molecule has 15 heavy (non-hydrogen) atoms. The van der Waals surface area contributed by atoms with E-state index in [9.17, 15) is 26.3 Å². The summed E-state index contributed by atoms with van der Waals surface area (Å²) >= 11 is 5.17. The second-order valence-corrected chi connectivity index (χ2v) is 3.17. The van der Waals surface area contributed by atoms with E-state index in [2.05, 4.69) is 0 Å². The largest absolute Gasteiger partial charge is 0.458 e. The number of rotatable bonds is 1. The molecule has 0 saturated heterocycles. The number of hydrogen-bond donors (Lipinski definition) is 0. The maximum Gasteiger partial charge on any atom is 0.458 e. The van der Waals surface area contributed by atoms with E-state index in [0.29, 0.717) is 12.1 Å². The molecule has 0 fully saturated rings. The first-order chi connectivity index (χ1) is 6.64. The Kier molecular flexibility index (Phi) is 2.91. The van der Waals surface area contributed by atoms with Crippen molar-refractivity contribution in [2.45, 2.75) is 12.1 Å². The molecule has 1 aromatic rings. The maximum absolute atomic E-state index is 12.7. The maximum atomic E-state index is 12.7. The average Bonchev–Trinajstić information content (AvgIpc) is 1.99. The minimum Gasteiger partial charge on any atom is -0.207 e. The highest BCUT2D eigenvalue weighted by molar-refractivity contribution is 6.30. The van der Waals surface area contributed by atoms with Gasteiger partial charge in [-0.25, -0.2) is 4.39 Å². The van der Waals surface area contributed by atoms with Crippen LogP contribution in [0.2, 0.25) is 5.02 Å². The molecule has 0 aliphatic heterocycles. The van der Waals surface area contributed by atoms with Crippen molar-refractivity contribution in [3.63, 3.8) is 0 Å². The molecule has 7 heteroatoms. The summed E-state index contributed by atoms with van der Waals surface area (Å²) in [4.78, 5) is 0. The lowest BCUT2D eigenvalue weighted by Gasteiger charge is -2.19. The van der Waals surface area contributed by atoms with Gasteiger partial charge in [-0.1, -0.05) is 11.6 Å². The van der Waals surface area contributed by atoms with Gasteiger partial charge in [0.05, 0.1) is 0 Å². The zero-order chi connectivity index (χ0) is 11.9. The Bertz CT molecular complexity index is 350. The fourth-order valence-electron chi connectivity index (χ4n) is 0.899. The van der Waals surface area contributed by atoms with Crippen molar-refractivity contribution in [1.82, 2.24) is 0 Å². The summed E-state index contributed by atoms with van der Waals surface area (Å²) in [6, 6.07) is 1.11. The fraction of sp³-hybridized carbons (Fsp3) is 0.250. The van der Waals surface area contributed by atoms with Gasteiger partial charge in [-0.2, -0.15) is 22.0 Å². The average molecular weight is 249 g/mol. The number of benzene rings is 1. The van der Waals surface area contributed by atoms with Gasteiger partial charge in [-0.15, -0.1) is 0 Å². The van der Waals surface area contributed by atoms with E-state index >= 15 is 0 Å². The highest BCUT2D eigenvalue weighted by Gasteiger charge is 2.58. The van der Waals surface area contributed by atoms with Crippen LogP contribution in [0.1, 0.15) is 5.56 Å². The van der Waals surface area contributed by atoms with Crippen molar-refractivity contribution in [1.29, 1.82) is 0 Å². The van der Waals surface area contributed by atoms with Crippen LogP contribution >= 0.6 is 11.6 Å². The lowest BCUT2D eigenvalue weighted by molar-refractivity contribution is -0.289. The van der Waals surface area contributed by atoms with Crippen LogP contribution in [0.25, 0.3) is 0 Å². The lowest BCUT2D eigenvalue weighted by atomic mass is 10.1. The van der Waals surface area contributed by atoms with E-state index in [-0.39, 0.29) is 6.07 Å². The molecule has 0 N–H and O–H groups in total. The molecule has 0 amide bonds. The van der Waals surface area contributed by atoms with Gasteiger partial charge in [0.25, 0.3) is 0 Å². The Labute approximate surface area is 85.5 Å². The van der Waals surface area contributed by atoms with Crippen LogP contribution in [0.5, 0.6) is 0 Å². The molecule has 1 aromatic carbocycles. The highest BCUT2D eigenvalue weighted by Crippen LogP contribution is 2.44. The molecule has 0 aliphatic carbocycles. The van der Waals surface area contributed by atoms with E-state index in [1.165, 1.54) is 0 Å². The van der Waals surface area contributed by atoms with Crippen LogP contribution in [-0.2, 0) is 5.92 Å². The van der Waals surface area contributed by atoms with Crippen molar-refractivity contribution in [3.05, 3.63) is 34.6 Å². The molecule has 84 valence electrons. The number of halogens is 7. The Hall–Kier alpha value is -0.910. The van der Waals surface area contributed by atoms with Crippen molar-refractivity contribution < 1.29 is 26.3 Å². The smallest absolute Gasteiger partial charge is 0.207 e. The molecule has 0 atom stereocenters. The first-order valence-corrected chi connectivity index (χ1v) is 3.93. The molecule has 1 rings (SSSR count). The fourth-order valence-corrected chi connectivity index (χ4v) is 1.12. The van der Waals surface area contributed by atoms with Gasteiger partial charge in [0.1, 0.15) is 5.82 Å². The third kappa shape index (κ3) is 2.37. The van der Waals surface area contributed by atoms with Crippen molar-refractivity contribution in [3.8, 4) is 0 Å². The van der Waals surface area contributed by atoms with Crippen LogP contribution < -0.4 is 0 Å². The van der Waals surface area contributed by atoms with Crippen molar-refractivity contribution >= 4 is 11.6 Å². The minimum atomic E-state index is -5.77. The van der Waals surface area contributed by atoms with Crippen molar-refractivity contribution in [2.75, 3.05) is 0 Å². The summed E-state index contributed by atoms with van der Waals surface area (Å²) < 4.78 is 73.5. The van der Waals surface area contributed by atoms with Gasteiger partial charge in [0.15, 0.2) is 0 Å². The first kappa shape index (κ1) is 12.2. The molecule has 0 radical (unpaired) electrons. The summed E-state index contributed by atoms with van der Waals surface area (Å²) in [5.74, 6) is -6.36. The van der Waals surface area contributed by atoms with Crippen LogP contribution in [0.3, 0.4) is 0 Å². The SMILES string of the molecule is Fc1cc(Cl)cc(C(F)(F)C(F)(F)F)c1. The highest BCUT2D eigenvalue weighted by atomic mass is 35.5. The monoisotopic (exact) mass is 248 g/mol. The van der Waals surface area contributed by atoms with Crippen LogP contribution in [-0.4, -0.2) is 6.18 Å². The molecule has 0 saturated carbocycles. The predicted molar refractivity (Wildman–Crippen MR) is 41.4 cm³/mol. The van der Waals surface area contributed by atoms with E-state index in [1.807, 2.05) is 0 Å². The molecule has 0 aliphatic rings. The Morgan fingerprint density at radius 1 is 0.933 bits per heavy atom. The van der Waals surface area contributed by atoms with Gasteiger partial charge >= 0.3 is 12.1 Å². The Balaban J connectivity index is 3.27. The van der Waals surface area contributed by atoms with E-state index in [0.717, 1.165) is 0 Å². The summed E-state index contributed by atoms with van der Waals surface area (Å²) in [5, 5.41) is -0.520. The summed E-state index contributed by atoms with van der Waals surface area (Å²) in [6.07, 6.45) is -5.77. The van der Waals surface area contributed by atoms with E-state index in [4.69, 9.17) is 11.6 Å². The van der Waals surface area contributed by atoms with E-state index < -0.39 is 28.5 Å². The Morgan fingerprint density at radius 2 is 1.47 bits per heavy atom. The van der Waals surface area contributed by atoms with Gasteiger partial charge in [-0.05, 0) is 18.2 Å². The van der Waals surface area contributed by atoms with Gasteiger partial charge in [0, 0.05) is 10.6 Å². The van der Waals surface area contributed by atoms with Crippen molar-refractivity contribution in [2.24, 2.45) is 0 Å². The quantitative estimate of drug-likeness (QED) is 0.656. The van der Waals surface area contributed by atoms with Gasteiger partial charge < -0.3 is 0 Å². The number of hydrogen-bond acceptors (Lipinski definition) is 0. The van der Waals surface area contributed by atoms with Crippen LogP contribution in [0.4, 0.5) is 26.3 Å². The summed E-state index contributed by atoms with van der Waals surface area (Å²) in [7, 11) is 0. The van der Waals surface area contributed by atoms with E-state index in [1.54, 1.807) is 0 Å². The second-order valence-electron chi connectivity index (χ2n) is 2.73. The predicted octanol–water partition coefficient (Wildman–Crippen LogP) is 4.13. The summed E-state index contributed by atoms with van der Waals surface area (Å²) in [5.41, 5.74) is -1.51. The molecule has 0 heterocycles. The molecule has 0 nitrogen and oxygen atoms in total. The third-order valence-electron chi connectivity index (χ3n) is 1.58. The summed E-state index contributed by atoms with van der Waals surface area (Å²) in [6.45, 7) is 0. The Morgan fingerprint density at radius 3 is 1.87 bits per heavy atom. The van der Waals surface area contributed by atoms with Crippen LogP contribution in [0, 0.1) is 5.82 Å². The molecule has 0 spiro atoms. The lowest BCUT2D eigenvalue weighted by Crippen LogP contribution is -2.33. The van der Waals surface area contributed by atoms with Gasteiger partial charge in [-0.3, -0.25) is 0 Å². The molecule has 0 aromatic heterocycles. The topological polar surface area (TPSA) is 0 Å². The molecular weight excluding hydrogens is 246 g/mol. The zero-order valence-corrected chi connectivity index (χ0v) is 7.63. The normalized spacial score (nSPS) is 13.0. The minimum absolute atomic E-state index is 0.0966. The molecular formula is C8H3ClF6. The first-order valence-electron chi connectivity index (χ1n) is 3.55. The molecule has 0 unspecified atom stereocenters. The standard InChI is InChI=1S/C8H3ClF6/c9-5-1-4(2-6(10)3-5)7(11,12)8(13,14)15/h1-3H. The van der Waals surface area contributed by atoms with Crippen LogP contribution in [0.15, 0.2) is 18.2 Å². The zero-order valence-electron chi connectivity index (χ0n) is 6.88. The second kappa shape index (κ2) is 3.59. The van der Waals surface area contributed by atoms with Gasteiger partial charge in [0.2, 0.25) is 0 Å².